The maximum Gasteiger partial charge on any atom is 0.244 e. The molecule has 4 nitrogen and oxygen atoms in total. The monoisotopic (exact) mass is 288 g/mol. The summed E-state index contributed by atoms with van der Waals surface area (Å²) < 4.78 is 5.10. The molecule has 0 bridgehead atoms. The standard InChI is InChI=1S/C17H24N2O2/c1-21-15-9-6-13(7-10-15)8-11-17(20)19-16-5-3-2-4-14(16)12-18/h6-11,14,16H,2-5,12,18H2,1H3,(H,19,20). The third-order valence-electron chi connectivity index (χ3n) is 4.08. The van der Waals surface area contributed by atoms with Crippen LogP contribution in [0.1, 0.15) is 31.2 Å². The van der Waals surface area contributed by atoms with E-state index in [0.717, 1.165) is 24.2 Å². The van der Waals surface area contributed by atoms with E-state index in [0.29, 0.717) is 12.5 Å². The molecule has 0 spiro atoms. The van der Waals surface area contributed by atoms with Crippen LogP contribution < -0.4 is 15.8 Å². The van der Waals surface area contributed by atoms with Gasteiger partial charge in [-0.15, -0.1) is 0 Å². The molecule has 0 aliphatic heterocycles. The Morgan fingerprint density at radius 1 is 1.33 bits per heavy atom. The van der Waals surface area contributed by atoms with E-state index in [1.54, 1.807) is 13.2 Å². The Kier molecular flexibility index (Phi) is 5.81. The van der Waals surface area contributed by atoms with Gasteiger partial charge in [-0.1, -0.05) is 25.0 Å². The van der Waals surface area contributed by atoms with Crippen LogP contribution in [0.25, 0.3) is 6.08 Å². The fourth-order valence-corrected chi connectivity index (χ4v) is 2.80. The number of carbonyl (C=O) groups is 1. The van der Waals surface area contributed by atoms with Crippen molar-refractivity contribution in [3.63, 3.8) is 0 Å². The van der Waals surface area contributed by atoms with Gasteiger partial charge in [-0.05, 0) is 49.1 Å². The summed E-state index contributed by atoms with van der Waals surface area (Å²) in [7, 11) is 1.64. The molecule has 0 saturated heterocycles. The Labute approximate surface area is 126 Å². The van der Waals surface area contributed by atoms with E-state index in [9.17, 15) is 4.79 Å². The van der Waals surface area contributed by atoms with Crippen LogP contribution >= 0.6 is 0 Å². The van der Waals surface area contributed by atoms with Crippen molar-refractivity contribution in [3.05, 3.63) is 35.9 Å². The fourth-order valence-electron chi connectivity index (χ4n) is 2.80. The number of methoxy groups -OCH3 is 1. The summed E-state index contributed by atoms with van der Waals surface area (Å²) >= 11 is 0. The second kappa shape index (κ2) is 7.84. The van der Waals surface area contributed by atoms with Gasteiger partial charge in [0.05, 0.1) is 7.11 Å². The molecule has 1 aliphatic carbocycles. The lowest BCUT2D eigenvalue weighted by atomic mass is 9.84. The van der Waals surface area contributed by atoms with Crippen molar-refractivity contribution in [2.75, 3.05) is 13.7 Å². The fraction of sp³-hybridized carbons (Fsp3) is 0.471. The number of hydrogen-bond acceptors (Lipinski definition) is 3. The Bertz CT molecular complexity index is 482. The number of rotatable bonds is 5. The molecule has 114 valence electrons. The summed E-state index contributed by atoms with van der Waals surface area (Å²) in [6.07, 6.45) is 7.94. The van der Waals surface area contributed by atoms with E-state index >= 15 is 0 Å². The van der Waals surface area contributed by atoms with Crippen molar-refractivity contribution < 1.29 is 9.53 Å². The predicted molar refractivity (Wildman–Crippen MR) is 85.0 cm³/mol. The summed E-state index contributed by atoms with van der Waals surface area (Å²) in [5.41, 5.74) is 6.76. The Balaban J connectivity index is 1.89. The minimum Gasteiger partial charge on any atom is -0.497 e. The van der Waals surface area contributed by atoms with Crippen molar-refractivity contribution in [3.8, 4) is 5.75 Å². The Hall–Kier alpha value is -1.81. The average molecular weight is 288 g/mol. The quantitative estimate of drug-likeness (QED) is 0.817. The van der Waals surface area contributed by atoms with Crippen LogP contribution in [0.15, 0.2) is 30.3 Å². The van der Waals surface area contributed by atoms with Gasteiger partial charge in [-0.2, -0.15) is 0 Å². The van der Waals surface area contributed by atoms with Crippen molar-refractivity contribution in [1.29, 1.82) is 0 Å². The molecule has 2 unspecified atom stereocenters. The molecular weight excluding hydrogens is 264 g/mol. The molecule has 4 heteroatoms. The van der Waals surface area contributed by atoms with Crippen LogP contribution in [-0.2, 0) is 4.79 Å². The van der Waals surface area contributed by atoms with Crippen LogP contribution in [0, 0.1) is 5.92 Å². The number of ether oxygens (including phenoxy) is 1. The molecule has 3 N–H and O–H groups in total. The van der Waals surface area contributed by atoms with Crippen molar-refractivity contribution in [2.45, 2.75) is 31.7 Å². The molecule has 0 heterocycles. The van der Waals surface area contributed by atoms with E-state index in [4.69, 9.17) is 10.5 Å². The first-order valence-electron chi connectivity index (χ1n) is 7.55. The van der Waals surface area contributed by atoms with Gasteiger partial charge in [0, 0.05) is 12.1 Å². The molecule has 0 radical (unpaired) electrons. The average Bonchev–Trinajstić information content (AvgIpc) is 2.54. The first-order chi connectivity index (χ1) is 10.2. The van der Waals surface area contributed by atoms with Crippen LogP contribution in [-0.4, -0.2) is 25.6 Å². The first-order valence-corrected chi connectivity index (χ1v) is 7.55. The number of amides is 1. The molecule has 21 heavy (non-hydrogen) atoms. The van der Waals surface area contributed by atoms with Crippen LogP contribution in [0.4, 0.5) is 0 Å². The van der Waals surface area contributed by atoms with Gasteiger partial charge in [-0.25, -0.2) is 0 Å². The topological polar surface area (TPSA) is 64.3 Å². The summed E-state index contributed by atoms with van der Waals surface area (Å²) in [5.74, 6) is 1.18. The highest BCUT2D eigenvalue weighted by atomic mass is 16.5. The lowest BCUT2D eigenvalue weighted by molar-refractivity contribution is -0.117. The summed E-state index contributed by atoms with van der Waals surface area (Å²) in [4.78, 5) is 12.0. The molecule has 1 aromatic carbocycles. The first kappa shape index (κ1) is 15.6. The third-order valence-corrected chi connectivity index (χ3v) is 4.08. The number of nitrogens with two attached hydrogens (primary N) is 1. The van der Waals surface area contributed by atoms with E-state index < -0.39 is 0 Å². The molecule has 2 atom stereocenters. The molecule has 1 saturated carbocycles. The molecule has 2 rings (SSSR count). The van der Waals surface area contributed by atoms with Crippen molar-refractivity contribution in [1.82, 2.24) is 5.32 Å². The number of nitrogens with one attached hydrogen (secondary N) is 1. The maximum absolute atomic E-state index is 12.0. The summed E-state index contributed by atoms with van der Waals surface area (Å²) in [5, 5.41) is 3.08. The largest absolute Gasteiger partial charge is 0.497 e. The Morgan fingerprint density at radius 2 is 2.05 bits per heavy atom. The van der Waals surface area contributed by atoms with Gasteiger partial charge in [0.15, 0.2) is 0 Å². The normalized spacial score (nSPS) is 22.2. The lowest BCUT2D eigenvalue weighted by Gasteiger charge is -2.30. The second-order valence-electron chi connectivity index (χ2n) is 5.50. The van der Waals surface area contributed by atoms with Gasteiger partial charge >= 0.3 is 0 Å². The van der Waals surface area contributed by atoms with E-state index in [1.165, 1.54) is 12.8 Å². The molecular formula is C17H24N2O2. The molecule has 0 aromatic heterocycles. The van der Waals surface area contributed by atoms with E-state index in [-0.39, 0.29) is 11.9 Å². The van der Waals surface area contributed by atoms with Gasteiger partial charge in [0.2, 0.25) is 5.91 Å². The van der Waals surface area contributed by atoms with E-state index in [2.05, 4.69) is 5.32 Å². The zero-order valence-electron chi connectivity index (χ0n) is 12.5. The summed E-state index contributed by atoms with van der Waals surface area (Å²) in [6, 6.07) is 7.82. The third kappa shape index (κ3) is 4.60. The number of carbonyl (C=O) groups excluding carboxylic acids is 1. The van der Waals surface area contributed by atoms with Crippen LogP contribution in [0.5, 0.6) is 5.75 Å². The summed E-state index contributed by atoms with van der Waals surface area (Å²) in [6.45, 7) is 0.646. The molecule has 1 fully saturated rings. The van der Waals surface area contributed by atoms with Gasteiger partial charge in [0.1, 0.15) is 5.75 Å². The van der Waals surface area contributed by atoms with Crippen molar-refractivity contribution >= 4 is 12.0 Å². The minimum atomic E-state index is -0.0452. The number of benzene rings is 1. The molecule has 1 aromatic rings. The highest BCUT2D eigenvalue weighted by Crippen LogP contribution is 2.23. The van der Waals surface area contributed by atoms with Gasteiger partial charge < -0.3 is 15.8 Å². The molecule has 1 aliphatic rings. The SMILES string of the molecule is COc1ccc(C=CC(=O)NC2CCCCC2CN)cc1. The zero-order chi connectivity index (χ0) is 15.1. The lowest BCUT2D eigenvalue weighted by Crippen LogP contribution is -2.44. The molecule has 1 amide bonds. The predicted octanol–water partition coefficient (Wildman–Crippen LogP) is 2.34. The van der Waals surface area contributed by atoms with Crippen LogP contribution in [0.3, 0.4) is 0 Å². The van der Waals surface area contributed by atoms with Gasteiger partial charge in [-0.3, -0.25) is 4.79 Å². The smallest absolute Gasteiger partial charge is 0.244 e. The highest BCUT2D eigenvalue weighted by molar-refractivity contribution is 5.91. The maximum atomic E-state index is 12.0. The second-order valence-corrected chi connectivity index (χ2v) is 5.50. The highest BCUT2D eigenvalue weighted by Gasteiger charge is 2.24. The van der Waals surface area contributed by atoms with Crippen molar-refractivity contribution in [2.24, 2.45) is 11.7 Å². The van der Waals surface area contributed by atoms with Crippen LogP contribution in [0.2, 0.25) is 0 Å². The van der Waals surface area contributed by atoms with E-state index in [1.807, 2.05) is 30.3 Å². The zero-order valence-corrected chi connectivity index (χ0v) is 12.5. The Morgan fingerprint density at radius 3 is 2.71 bits per heavy atom. The minimum absolute atomic E-state index is 0.0452. The van der Waals surface area contributed by atoms with Gasteiger partial charge in [0.25, 0.3) is 0 Å². The number of hydrogen-bond donors (Lipinski definition) is 2.